The van der Waals surface area contributed by atoms with Crippen LogP contribution in [0.5, 0.6) is 5.75 Å². The third-order valence-corrected chi connectivity index (χ3v) is 6.21. The second kappa shape index (κ2) is 8.56. The smallest absolute Gasteiger partial charge is 0.253 e. The predicted octanol–water partition coefficient (Wildman–Crippen LogP) is 1.24. The zero-order valence-corrected chi connectivity index (χ0v) is 16.7. The van der Waals surface area contributed by atoms with E-state index in [0.717, 1.165) is 25.8 Å². The molecule has 1 atom stereocenters. The van der Waals surface area contributed by atoms with Gasteiger partial charge in [-0.1, -0.05) is 0 Å². The van der Waals surface area contributed by atoms with E-state index in [4.69, 9.17) is 4.74 Å². The summed E-state index contributed by atoms with van der Waals surface area (Å²) in [6.07, 6.45) is 2.65. The predicted molar refractivity (Wildman–Crippen MR) is 102 cm³/mol. The van der Waals surface area contributed by atoms with Crippen LogP contribution in [-0.2, 0) is 10.0 Å². The molecule has 3 rings (SSSR count). The highest BCUT2D eigenvalue weighted by Crippen LogP contribution is 2.29. The Balaban J connectivity index is 0.00000243. The van der Waals surface area contributed by atoms with E-state index in [1.165, 1.54) is 13.2 Å². The maximum absolute atomic E-state index is 12.8. The molecular weight excluding hydrogens is 378 g/mol. The van der Waals surface area contributed by atoms with Crippen LogP contribution in [0.3, 0.4) is 0 Å². The van der Waals surface area contributed by atoms with Crippen molar-refractivity contribution in [3.8, 4) is 5.75 Å². The third-order valence-electron chi connectivity index (χ3n) is 4.67. The molecule has 1 amide bonds. The second-order valence-electron chi connectivity index (χ2n) is 6.72. The van der Waals surface area contributed by atoms with E-state index in [1.54, 1.807) is 17.0 Å². The van der Waals surface area contributed by atoms with E-state index >= 15 is 0 Å². The minimum atomic E-state index is -3.69. The number of nitrogens with zero attached hydrogens (tertiary/aromatic N) is 1. The molecule has 7 nitrogen and oxygen atoms in total. The van der Waals surface area contributed by atoms with Crippen molar-refractivity contribution in [3.63, 3.8) is 0 Å². The summed E-state index contributed by atoms with van der Waals surface area (Å²) in [5.74, 6) is 0.551. The van der Waals surface area contributed by atoms with Crippen LogP contribution in [0.4, 0.5) is 0 Å². The number of likely N-dealkylation sites (tertiary alicyclic amines) is 1. The summed E-state index contributed by atoms with van der Waals surface area (Å²) in [4.78, 5) is 14.6. The highest BCUT2D eigenvalue weighted by Gasteiger charge is 2.31. The Morgan fingerprint density at radius 1 is 1.31 bits per heavy atom. The SMILES string of the molecule is CNCC1CCN(C(=O)c2ccc(OC)c(S(=O)(=O)NC3CC3)c2)C1.Cl. The van der Waals surface area contributed by atoms with Crippen LogP contribution in [0.15, 0.2) is 23.1 Å². The Morgan fingerprint density at radius 3 is 2.65 bits per heavy atom. The van der Waals surface area contributed by atoms with E-state index in [-0.39, 0.29) is 35.0 Å². The van der Waals surface area contributed by atoms with Gasteiger partial charge in [-0.3, -0.25) is 4.79 Å². The van der Waals surface area contributed by atoms with E-state index < -0.39 is 10.0 Å². The number of rotatable bonds is 7. The number of benzene rings is 1. The average molecular weight is 404 g/mol. The summed E-state index contributed by atoms with van der Waals surface area (Å²) in [7, 11) is -0.367. The van der Waals surface area contributed by atoms with Crippen LogP contribution in [-0.4, -0.2) is 59.1 Å². The molecule has 1 aliphatic carbocycles. The first kappa shape index (κ1) is 21.0. The first-order valence-corrected chi connectivity index (χ1v) is 10.1. The fourth-order valence-electron chi connectivity index (χ4n) is 3.16. The van der Waals surface area contributed by atoms with Crippen LogP contribution < -0.4 is 14.8 Å². The van der Waals surface area contributed by atoms with Crippen LogP contribution in [0.1, 0.15) is 29.6 Å². The molecule has 2 fully saturated rings. The van der Waals surface area contributed by atoms with Gasteiger partial charge >= 0.3 is 0 Å². The van der Waals surface area contributed by atoms with Gasteiger partial charge in [-0.15, -0.1) is 12.4 Å². The van der Waals surface area contributed by atoms with E-state index in [0.29, 0.717) is 24.6 Å². The molecule has 2 N–H and O–H groups in total. The lowest BCUT2D eigenvalue weighted by molar-refractivity contribution is 0.0787. The molecule has 26 heavy (non-hydrogen) atoms. The molecule has 1 heterocycles. The first-order valence-electron chi connectivity index (χ1n) is 8.59. The Hall–Kier alpha value is -1.35. The molecule has 9 heteroatoms. The number of amides is 1. The van der Waals surface area contributed by atoms with Crippen LogP contribution in [0, 0.1) is 5.92 Å². The van der Waals surface area contributed by atoms with Crippen molar-refractivity contribution < 1.29 is 17.9 Å². The Morgan fingerprint density at radius 2 is 2.04 bits per heavy atom. The van der Waals surface area contributed by atoms with E-state index in [1.807, 2.05) is 7.05 Å². The second-order valence-corrected chi connectivity index (χ2v) is 8.41. The zero-order chi connectivity index (χ0) is 18.0. The maximum Gasteiger partial charge on any atom is 0.253 e. The lowest BCUT2D eigenvalue weighted by Gasteiger charge is -2.18. The van der Waals surface area contributed by atoms with Gasteiger partial charge in [0.2, 0.25) is 10.0 Å². The largest absolute Gasteiger partial charge is 0.495 e. The number of carbonyl (C=O) groups is 1. The van der Waals surface area contributed by atoms with E-state index in [9.17, 15) is 13.2 Å². The summed E-state index contributed by atoms with van der Waals surface area (Å²) in [6.45, 7) is 2.26. The molecule has 0 radical (unpaired) electrons. The number of hydrogen-bond acceptors (Lipinski definition) is 5. The molecule has 1 aliphatic heterocycles. The highest BCUT2D eigenvalue weighted by molar-refractivity contribution is 7.89. The number of methoxy groups -OCH3 is 1. The van der Waals surface area contributed by atoms with Crippen molar-refractivity contribution in [2.75, 3.05) is 33.8 Å². The summed E-state index contributed by atoms with van der Waals surface area (Å²) in [5, 5.41) is 3.13. The minimum absolute atomic E-state index is 0. The van der Waals surface area contributed by atoms with Gasteiger partial charge in [0.05, 0.1) is 7.11 Å². The summed E-state index contributed by atoms with van der Waals surface area (Å²) >= 11 is 0. The molecule has 1 saturated heterocycles. The van der Waals surface area contributed by atoms with Gasteiger partial charge in [-0.2, -0.15) is 0 Å². The Labute approximate surface area is 160 Å². The van der Waals surface area contributed by atoms with Crippen LogP contribution >= 0.6 is 12.4 Å². The minimum Gasteiger partial charge on any atom is -0.495 e. The monoisotopic (exact) mass is 403 g/mol. The van der Waals surface area contributed by atoms with Crippen molar-refractivity contribution in [2.24, 2.45) is 5.92 Å². The summed E-state index contributed by atoms with van der Waals surface area (Å²) in [6, 6.07) is 4.60. The van der Waals surface area contributed by atoms with Crippen molar-refractivity contribution >= 4 is 28.3 Å². The van der Waals surface area contributed by atoms with Crippen molar-refractivity contribution in [3.05, 3.63) is 23.8 Å². The lowest BCUT2D eigenvalue weighted by atomic mass is 10.1. The molecule has 146 valence electrons. The topological polar surface area (TPSA) is 87.7 Å². The van der Waals surface area contributed by atoms with Crippen LogP contribution in [0.2, 0.25) is 0 Å². The van der Waals surface area contributed by atoms with Crippen molar-refractivity contribution in [1.82, 2.24) is 14.9 Å². The number of sulfonamides is 1. The number of halogens is 1. The van der Waals surface area contributed by atoms with Gasteiger partial charge in [0.15, 0.2) is 0 Å². The van der Waals surface area contributed by atoms with Crippen molar-refractivity contribution in [2.45, 2.75) is 30.2 Å². The maximum atomic E-state index is 12.8. The summed E-state index contributed by atoms with van der Waals surface area (Å²) < 4.78 is 33.0. The summed E-state index contributed by atoms with van der Waals surface area (Å²) in [5.41, 5.74) is 0.377. The van der Waals surface area contributed by atoms with Gasteiger partial charge in [0.1, 0.15) is 10.6 Å². The average Bonchev–Trinajstić information content (AvgIpc) is 3.27. The molecule has 1 aromatic carbocycles. The normalized spacial score (nSPS) is 19.9. The third kappa shape index (κ3) is 4.68. The molecule has 1 aromatic rings. The molecule has 0 spiro atoms. The molecular formula is C17H26ClN3O4S. The number of ether oxygens (including phenoxy) is 1. The standard InChI is InChI=1S/C17H25N3O4S.ClH/c1-18-10-12-7-8-20(11-12)17(21)13-3-6-15(24-2)16(9-13)25(22,23)19-14-4-5-14;/h3,6,9,12,14,18-19H,4-5,7-8,10-11H2,1-2H3;1H. The number of hydrogen-bond donors (Lipinski definition) is 2. The van der Waals surface area contributed by atoms with Gasteiger partial charge in [0.25, 0.3) is 5.91 Å². The fourth-order valence-corrected chi connectivity index (χ4v) is 4.66. The fraction of sp³-hybridized carbons (Fsp3) is 0.588. The Bertz CT molecular complexity index is 752. The molecule has 0 bridgehead atoms. The lowest BCUT2D eigenvalue weighted by Crippen LogP contribution is -2.31. The van der Waals surface area contributed by atoms with Gasteiger partial charge < -0.3 is 15.0 Å². The van der Waals surface area contributed by atoms with Crippen molar-refractivity contribution in [1.29, 1.82) is 0 Å². The molecule has 1 saturated carbocycles. The van der Waals surface area contributed by atoms with Gasteiger partial charge in [-0.25, -0.2) is 13.1 Å². The highest BCUT2D eigenvalue weighted by atomic mass is 35.5. The molecule has 2 aliphatic rings. The van der Waals surface area contributed by atoms with E-state index in [2.05, 4.69) is 10.0 Å². The van der Waals surface area contributed by atoms with Gasteiger partial charge in [-0.05, 0) is 57.0 Å². The van der Waals surface area contributed by atoms with Crippen LogP contribution in [0.25, 0.3) is 0 Å². The number of carbonyl (C=O) groups excluding carboxylic acids is 1. The van der Waals surface area contributed by atoms with Gasteiger partial charge in [0, 0.05) is 24.7 Å². The first-order chi connectivity index (χ1) is 11.9. The zero-order valence-electron chi connectivity index (χ0n) is 15.0. The number of nitrogens with one attached hydrogen (secondary N) is 2. The molecule has 1 unspecified atom stereocenters. The molecule has 0 aromatic heterocycles. The Kier molecular flexibility index (Phi) is 6.90. The quantitative estimate of drug-likeness (QED) is 0.715.